The van der Waals surface area contributed by atoms with Gasteiger partial charge in [0.2, 0.25) is 0 Å². The Hall–Kier alpha value is -1.73. The van der Waals surface area contributed by atoms with E-state index in [0.717, 1.165) is 42.1 Å². The molecule has 0 bridgehead atoms. The van der Waals surface area contributed by atoms with Crippen LogP contribution in [0.25, 0.3) is 21.9 Å². The number of rotatable bonds is 2. The first-order valence-corrected chi connectivity index (χ1v) is 9.18. The van der Waals surface area contributed by atoms with Crippen molar-refractivity contribution in [3.8, 4) is 0 Å². The van der Waals surface area contributed by atoms with Crippen LogP contribution in [0.15, 0.2) is 27.6 Å². The standard InChI is InChI=1S/C18H19BrFN3O2/c1-22-16-9-21-15-8-14(20)13(19)7-12(15)17(16)23(18(22)24)10-4-3-5-11(6-10)25-2/h7-11H,3-6H2,1-2H3/t10-,11-/m0/s1. The van der Waals surface area contributed by atoms with Crippen LogP contribution in [-0.2, 0) is 11.8 Å². The van der Waals surface area contributed by atoms with Gasteiger partial charge in [-0.15, -0.1) is 0 Å². The Bertz CT molecular complexity index is 1030. The molecule has 0 unspecified atom stereocenters. The molecule has 0 radical (unpaired) electrons. The van der Waals surface area contributed by atoms with Crippen molar-refractivity contribution in [3.63, 3.8) is 0 Å². The zero-order valence-electron chi connectivity index (χ0n) is 14.1. The summed E-state index contributed by atoms with van der Waals surface area (Å²) in [6.45, 7) is 0. The number of hydrogen-bond donors (Lipinski definition) is 0. The molecule has 1 aliphatic rings. The molecule has 1 aromatic carbocycles. The first-order chi connectivity index (χ1) is 12.0. The molecule has 4 rings (SSSR count). The Morgan fingerprint density at radius 1 is 1.36 bits per heavy atom. The van der Waals surface area contributed by atoms with E-state index in [0.29, 0.717) is 9.99 Å². The van der Waals surface area contributed by atoms with Gasteiger partial charge in [-0.3, -0.25) is 14.1 Å². The summed E-state index contributed by atoms with van der Waals surface area (Å²) in [5.41, 5.74) is 2.06. The fraction of sp³-hybridized carbons (Fsp3) is 0.444. The second kappa shape index (κ2) is 6.21. The van der Waals surface area contributed by atoms with E-state index in [1.54, 1.807) is 31.0 Å². The molecular formula is C18H19BrFN3O2. The van der Waals surface area contributed by atoms with Gasteiger partial charge in [0.05, 0.1) is 33.3 Å². The van der Waals surface area contributed by atoms with Crippen LogP contribution in [0, 0.1) is 5.82 Å². The second-order valence-corrected chi connectivity index (χ2v) is 7.52. The number of halogens is 2. The average Bonchev–Trinajstić information content (AvgIpc) is 2.88. The van der Waals surface area contributed by atoms with Crippen molar-refractivity contribution in [2.24, 2.45) is 7.05 Å². The molecule has 0 N–H and O–H groups in total. The van der Waals surface area contributed by atoms with Crippen molar-refractivity contribution in [2.45, 2.75) is 37.8 Å². The summed E-state index contributed by atoms with van der Waals surface area (Å²) in [5, 5.41) is 0.781. The van der Waals surface area contributed by atoms with Gasteiger partial charge in [0.15, 0.2) is 0 Å². The quantitative estimate of drug-likeness (QED) is 0.646. The molecule has 0 aliphatic heterocycles. The Morgan fingerprint density at radius 3 is 2.92 bits per heavy atom. The number of ether oxygens (including phenoxy) is 1. The molecule has 132 valence electrons. The van der Waals surface area contributed by atoms with Crippen molar-refractivity contribution in [2.75, 3.05) is 7.11 Å². The van der Waals surface area contributed by atoms with Crippen LogP contribution >= 0.6 is 15.9 Å². The monoisotopic (exact) mass is 407 g/mol. The summed E-state index contributed by atoms with van der Waals surface area (Å²) >= 11 is 3.25. The molecule has 3 aromatic rings. The van der Waals surface area contributed by atoms with Gasteiger partial charge in [-0.25, -0.2) is 9.18 Å². The molecule has 5 nitrogen and oxygen atoms in total. The van der Waals surface area contributed by atoms with Crippen LogP contribution in [0.3, 0.4) is 0 Å². The molecule has 1 aliphatic carbocycles. The SMILES string of the molecule is CO[C@H]1CCC[C@H](n2c(=O)n(C)c3cnc4cc(F)c(Br)cc4c32)C1. The normalized spacial score (nSPS) is 21.3. The van der Waals surface area contributed by atoms with Crippen LogP contribution in [0.1, 0.15) is 31.7 Å². The summed E-state index contributed by atoms with van der Waals surface area (Å²) in [4.78, 5) is 17.3. The lowest BCUT2D eigenvalue weighted by Crippen LogP contribution is -2.31. The third kappa shape index (κ3) is 2.60. The zero-order valence-corrected chi connectivity index (χ0v) is 15.7. The van der Waals surface area contributed by atoms with Crippen LogP contribution in [0.5, 0.6) is 0 Å². The van der Waals surface area contributed by atoms with E-state index in [2.05, 4.69) is 20.9 Å². The Labute approximate surface area is 152 Å². The largest absolute Gasteiger partial charge is 0.381 e. The van der Waals surface area contributed by atoms with Gasteiger partial charge in [-0.1, -0.05) is 0 Å². The lowest BCUT2D eigenvalue weighted by Gasteiger charge is -2.29. The molecule has 0 spiro atoms. The fourth-order valence-corrected chi connectivity index (χ4v) is 4.27. The van der Waals surface area contributed by atoms with Gasteiger partial charge in [-0.2, -0.15) is 0 Å². The van der Waals surface area contributed by atoms with Crippen molar-refractivity contribution >= 4 is 37.9 Å². The Kier molecular flexibility index (Phi) is 4.16. The third-order valence-electron chi connectivity index (χ3n) is 5.25. The summed E-state index contributed by atoms with van der Waals surface area (Å²) in [6, 6.07) is 3.19. The summed E-state index contributed by atoms with van der Waals surface area (Å²) in [7, 11) is 3.47. The number of methoxy groups -OCH3 is 1. The minimum absolute atomic E-state index is 0.0634. The van der Waals surface area contributed by atoms with Crippen molar-refractivity contribution < 1.29 is 9.13 Å². The van der Waals surface area contributed by atoms with E-state index in [1.165, 1.54) is 6.07 Å². The average molecular weight is 408 g/mol. The summed E-state index contributed by atoms with van der Waals surface area (Å²) < 4.78 is 23.3. The van der Waals surface area contributed by atoms with Crippen LogP contribution in [0.4, 0.5) is 4.39 Å². The summed E-state index contributed by atoms with van der Waals surface area (Å²) in [6.07, 6.45) is 5.60. The zero-order chi connectivity index (χ0) is 17.7. The summed E-state index contributed by atoms with van der Waals surface area (Å²) in [5.74, 6) is -0.360. The second-order valence-electron chi connectivity index (χ2n) is 6.67. The third-order valence-corrected chi connectivity index (χ3v) is 5.86. The highest BCUT2D eigenvalue weighted by Crippen LogP contribution is 2.34. The highest BCUT2D eigenvalue weighted by Gasteiger charge is 2.27. The van der Waals surface area contributed by atoms with E-state index in [1.807, 2.05) is 4.57 Å². The smallest absolute Gasteiger partial charge is 0.329 e. The van der Waals surface area contributed by atoms with Crippen molar-refractivity contribution in [1.82, 2.24) is 14.1 Å². The predicted molar refractivity (Wildman–Crippen MR) is 98.4 cm³/mol. The Morgan fingerprint density at radius 2 is 2.16 bits per heavy atom. The van der Waals surface area contributed by atoms with E-state index >= 15 is 0 Å². The van der Waals surface area contributed by atoms with Crippen molar-refractivity contribution in [1.29, 1.82) is 0 Å². The molecule has 25 heavy (non-hydrogen) atoms. The molecule has 0 saturated heterocycles. The van der Waals surface area contributed by atoms with Gasteiger partial charge >= 0.3 is 5.69 Å². The topological polar surface area (TPSA) is 49.0 Å². The lowest BCUT2D eigenvalue weighted by molar-refractivity contribution is 0.0531. The van der Waals surface area contributed by atoms with Gasteiger partial charge < -0.3 is 4.74 Å². The molecule has 0 amide bonds. The van der Waals surface area contributed by atoms with Crippen LogP contribution in [-0.4, -0.2) is 27.3 Å². The number of benzene rings is 1. The first kappa shape index (κ1) is 16.7. The molecule has 2 aromatic heterocycles. The van der Waals surface area contributed by atoms with E-state index in [4.69, 9.17) is 4.74 Å². The number of aryl methyl sites for hydroxylation is 1. The van der Waals surface area contributed by atoms with E-state index < -0.39 is 0 Å². The number of aromatic nitrogens is 3. The van der Waals surface area contributed by atoms with Gasteiger partial charge in [0, 0.05) is 31.7 Å². The maximum atomic E-state index is 13.9. The number of pyridine rings is 1. The van der Waals surface area contributed by atoms with Crippen LogP contribution in [0.2, 0.25) is 0 Å². The maximum Gasteiger partial charge on any atom is 0.329 e. The van der Waals surface area contributed by atoms with Crippen molar-refractivity contribution in [3.05, 3.63) is 39.1 Å². The molecule has 2 heterocycles. The van der Waals surface area contributed by atoms with Gasteiger partial charge in [0.1, 0.15) is 5.82 Å². The molecule has 1 saturated carbocycles. The predicted octanol–water partition coefficient (Wildman–Crippen LogP) is 3.92. The van der Waals surface area contributed by atoms with Crippen LogP contribution < -0.4 is 5.69 Å². The highest BCUT2D eigenvalue weighted by molar-refractivity contribution is 9.10. The minimum Gasteiger partial charge on any atom is -0.381 e. The minimum atomic E-state index is -0.360. The number of hydrogen-bond acceptors (Lipinski definition) is 3. The number of imidazole rings is 1. The number of fused-ring (bicyclic) bond motifs is 3. The molecule has 7 heteroatoms. The lowest BCUT2D eigenvalue weighted by atomic mass is 9.92. The Balaban J connectivity index is 2.03. The fourth-order valence-electron chi connectivity index (χ4n) is 3.93. The molecule has 2 atom stereocenters. The highest BCUT2D eigenvalue weighted by atomic mass is 79.9. The maximum absolute atomic E-state index is 13.9. The number of nitrogens with zero attached hydrogens (tertiary/aromatic N) is 3. The van der Waals surface area contributed by atoms with E-state index in [-0.39, 0.29) is 23.7 Å². The molecule has 1 fully saturated rings. The van der Waals surface area contributed by atoms with Gasteiger partial charge in [0.25, 0.3) is 0 Å². The van der Waals surface area contributed by atoms with Gasteiger partial charge in [-0.05, 0) is 47.7 Å². The van der Waals surface area contributed by atoms with E-state index in [9.17, 15) is 9.18 Å². The molecular weight excluding hydrogens is 389 g/mol. The first-order valence-electron chi connectivity index (χ1n) is 8.38.